The first kappa shape index (κ1) is 17.5. The highest BCUT2D eigenvalue weighted by molar-refractivity contribution is 6.02. The Bertz CT molecular complexity index is 750. The number of aromatic amines is 1. The Balaban J connectivity index is 1.96. The van der Waals surface area contributed by atoms with E-state index in [1.165, 1.54) is 6.08 Å². The van der Waals surface area contributed by atoms with Gasteiger partial charge in [-0.15, -0.1) is 0 Å². The van der Waals surface area contributed by atoms with Gasteiger partial charge in [0.25, 0.3) is 0 Å². The summed E-state index contributed by atoms with van der Waals surface area (Å²) in [4.78, 5) is 27.0. The van der Waals surface area contributed by atoms with Crippen molar-refractivity contribution in [2.75, 3.05) is 11.1 Å². The van der Waals surface area contributed by atoms with Crippen LogP contribution in [0.2, 0.25) is 0 Å². The minimum atomic E-state index is -0.247. The van der Waals surface area contributed by atoms with E-state index in [-0.39, 0.29) is 17.1 Å². The lowest BCUT2D eigenvalue weighted by molar-refractivity contribution is -0.111. The fraction of sp³-hybridized carbons (Fsp3) is 0.263. The number of carbonyl (C=O) groups is 2. The molecule has 1 aromatic heterocycles. The summed E-state index contributed by atoms with van der Waals surface area (Å²) in [6, 6.07) is 8.67. The van der Waals surface area contributed by atoms with Gasteiger partial charge in [0.2, 0.25) is 5.91 Å². The third-order valence-electron chi connectivity index (χ3n) is 3.30. The standard InChI is InChI=1S/C19H23N3O2/c1-19(2,3)11-17(23)16-10-13(12-21-16)4-9-18(24)22-15-7-5-14(20)6-8-15/h4-10,12,21H,11,20H2,1-3H3,(H,22,24)/b9-4+. The minimum absolute atomic E-state index is 0.0584. The van der Waals surface area contributed by atoms with Gasteiger partial charge in [0.15, 0.2) is 5.78 Å². The zero-order valence-electron chi connectivity index (χ0n) is 14.2. The molecule has 0 fully saturated rings. The quantitative estimate of drug-likeness (QED) is 0.443. The van der Waals surface area contributed by atoms with Crippen molar-refractivity contribution in [1.29, 1.82) is 0 Å². The van der Waals surface area contributed by atoms with Gasteiger partial charge in [0, 0.05) is 30.1 Å². The second kappa shape index (κ2) is 7.17. The van der Waals surface area contributed by atoms with Gasteiger partial charge < -0.3 is 16.0 Å². The van der Waals surface area contributed by atoms with Crippen LogP contribution >= 0.6 is 0 Å². The molecule has 0 aliphatic carbocycles. The highest BCUT2D eigenvalue weighted by atomic mass is 16.1. The monoisotopic (exact) mass is 325 g/mol. The largest absolute Gasteiger partial charge is 0.399 e. The lowest BCUT2D eigenvalue weighted by Crippen LogP contribution is -2.13. The summed E-state index contributed by atoms with van der Waals surface area (Å²) >= 11 is 0. The van der Waals surface area contributed by atoms with Crippen LogP contribution in [-0.2, 0) is 4.79 Å². The number of ketones is 1. The predicted molar refractivity (Wildman–Crippen MR) is 97.7 cm³/mol. The predicted octanol–water partition coefficient (Wildman–Crippen LogP) is 3.87. The molecule has 0 atom stereocenters. The topological polar surface area (TPSA) is 88.0 Å². The van der Waals surface area contributed by atoms with Gasteiger partial charge in [0.05, 0.1) is 5.69 Å². The SMILES string of the molecule is CC(C)(C)CC(=O)c1cc(/C=C/C(=O)Nc2ccc(N)cc2)c[nH]1. The molecule has 0 saturated carbocycles. The number of amides is 1. The van der Waals surface area contributed by atoms with E-state index in [1.54, 1.807) is 42.6 Å². The molecule has 0 saturated heterocycles. The number of nitrogens with one attached hydrogen (secondary N) is 2. The molecule has 126 valence electrons. The summed E-state index contributed by atoms with van der Waals surface area (Å²) in [5.74, 6) is -0.183. The van der Waals surface area contributed by atoms with Crippen LogP contribution < -0.4 is 11.1 Å². The first-order valence-electron chi connectivity index (χ1n) is 7.79. The van der Waals surface area contributed by atoms with Crippen molar-refractivity contribution in [3.8, 4) is 0 Å². The van der Waals surface area contributed by atoms with Crippen molar-refractivity contribution in [2.45, 2.75) is 27.2 Å². The zero-order chi connectivity index (χ0) is 17.7. The van der Waals surface area contributed by atoms with Gasteiger partial charge in [-0.25, -0.2) is 0 Å². The Morgan fingerprint density at radius 3 is 2.50 bits per heavy atom. The fourth-order valence-corrected chi connectivity index (χ4v) is 2.17. The van der Waals surface area contributed by atoms with Crippen LogP contribution in [0.4, 0.5) is 11.4 Å². The van der Waals surface area contributed by atoms with E-state index in [9.17, 15) is 9.59 Å². The Morgan fingerprint density at radius 1 is 1.21 bits per heavy atom. The minimum Gasteiger partial charge on any atom is -0.399 e. The van der Waals surface area contributed by atoms with Crippen LogP contribution in [0.3, 0.4) is 0 Å². The second-order valence-electron chi connectivity index (χ2n) is 6.95. The number of carbonyl (C=O) groups excluding carboxylic acids is 2. The number of hydrogen-bond acceptors (Lipinski definition) is 3. The number of aromatic nitrogens is 1. The van der Waals surface area contributed by atoms with E-state index in [1.807, 2.05) is 20.8 Å². The molecule has 1 aromatic carbocycles. The van der Waals surface area contributed by atoms with E-state index >= 15 is 0 Å². The molecule has 1 amide bonds. The molecule has 0 radical (unpaired) electrons. The molecular formula is C19H23N3O2. The first-order valence-corrected chi connectivity index (χ1v) is 7.79. The van der Waals surface area contributed by atoms with Gasteiger partial charge in [-0.05, 0) is 47.4 Å². The Kier molecular flexibility index (Phi) is 5.24. The van der Waals surface area contributed by atoms with Crippen LogP contribution in [-0.4, -0.2) is 16.7 Å². The van der Waals surface area contributed by atoms with Crippen LogP contribution in [0.25, 0.3) is 6.08 Å². The number of rotatable bonds is 5. The number of hydrogen-bond donors (Lipinski definition) is 3. The van der Waals surface area contributed by atoms with E-state index in [2.05, 4.69) is 10.3 Å². The summed E-state index contributed by atoms with van der Waals surface area (Å²) in [6.45, 7) is 6.07. The van der Waals surface area contributed by atoms with Crippen molar-refractivity contribution in [3.63, 3.8) is 0 Å². The molecule has 0 bridgehead atoms. The Labute approximate surface area is 142 Å². The van der Waals surface area contributed by atoms with Gasteiger partial charge in [-0.1, -0.05) is 20.8 Å². The maximum Gasteiger partial charge on any atom is 0.248 e. The summed E-state index contributed by atoms with van der Waals surface area (Å²) in [5, 5.41) is 2.74. The zero-order valence-corrected chi connectivity index (χ0v) is 14.2. The van der Waals surface area contributed by atoms with Crippen LogP contribution in [0.15, 0.2) is 42.6 Å². The summed E-state index contributed by atoms with van der Waals surface area (Å²) in [6.07, 6.45) is 5.27. The average molecular weight is 325 g/mol. The number of H-pyrrole nitrogens is 1. The van der Waals surface area contributed by atoms with Crippen molar-refractivity contribution in [2.24, 2.45) is 5.41 Å². The van der Waals surface area contributed by atoms with E-state index in [4.69, 9.17) is 5.73 Å². The van der Waals surface area contributed by atoms with E-state index in [0.717, 1.165) is 5.56 Å². The number of Topliss-reactive ketones (excluding diaryl/α,β-unsaturated/α-hetero) is 1. The Morgan fingerprint density at radius 2 is 1.88 bits per heavy atom. The first-order chi connectivity index (χ1) is 11.2. The normalized spacial score (nSPS) is 11.6. The molecule has 5 heteroatoms. The summed E-state index contributed by atoms with van der Waals surface area (Å²) in [5.41, 5.74) is 8.19. The average Bonchev–Trinajstić information content (AvgIpc) is 2.95. The maximum absolute atomic E-state index is 12.1. The van der Waals surface area contributed by atoms with Gasteiger partial charge in [0.1, 0.15) is 0 Å². The summed E-state index contributed by atoms with van der Waals surface area (Å²) < 4.78 is 0. The molecule has 0 spiro atoms. The van der Waals surface area contributed by atoms with Crippen molar-refractivity contribution >= 4 is 29.1 Å². The highest BCUT2D eigenvalue weighted by Crippen LogP contribution is 2.21. The van der Waals surface area contributed by atoms with E-state index in [0.29, 0.717) is 23.5 Å². The highest BCUT2D eigenvalue weighted by Gasteiger charge is 2.18. The number of anilines is 2. The summed E-state index contributed by atoms with van der Waals surface area (Å²) in [7, 11) is 0. The van der Waals surface area contributed by atoms with Crippen LogP contribution in [0.5, 0.6) is 0 Å². The van der Waals surface area contributed by atoms with Crippen LogP contribution in [0.1, 0.15) is 43.2 Å². The van der Waals surface area contributed by atoms with Crippen molar-refractivity contribution < 1.29 is 9.59 Å². The van der Waals surface area contributed by atoms with Gasteiger partial charge in [-0.3, -0.25) is 9.59 Å². The molecule has 2 rings (SSSR count). The second-order valence-corrected chi connectivity index (χ2v) is 6.95. The molecule has 5 nitrogen and oxygen atoms in total. The van der Waals surface area contributed by atoms with Gasteiger partial charge in [-0.2, -0.15) is 0 Å². The van der Waals surface area contributed by atoms with Crippen molar-refractivity contribution in [1.82, 2.24) is 4.98 Å². The molecule has 0 aliphatic heterocycles. The number of nitrogens with two attached hydrogens (primary N) is 1. The van der Waals surface area contributed by atoms with Gasteiger partial charge >= 0.3 is 0 Å². The molecule has 0 unspecified atom stereocenters. The lowest BCUT2D eigenvalue weighted by Gasteiger charge is -2.15. The smallest absolute Gasteiger partial charge is 0.248 e. The number of benzene rings is 1. The molecule has 24 heavy (non-hydrogen) atoms. The molecule has 0 aliphatic rings. The maximum atomic E-state index is 12.1. The molecule has 2 aromatic rings. The van der Waals surface area contributed by atoms with Crippen LogP contribution in [0, 0.1) is 5.41 Å². The fourth-order valence-electron chi connectivity index (χ4n) is 2.17. The Hall–Kier alpha value is -2.82. The number of nitrogen functional groups attached to an aromatic ring is 1. The van der Waals surface area contributed by atoms with E-state index < -0.39 is 0 Å². The molecular weight excluding hydrogens is 302 g/mol. The third-order valence-corrected chi connectivity index (χ3v) is 3.30. The van der Waals surface area contributed by atoms with Crippen molar-refractivity contribution in [3.05, 3.63) is 53.9 Å². The lowest BCUT2D eigenvalue weighted by atomic mass is 9.89. The molecule has 1 heterocycles. The molecule has 4 N–H and O–H groups in total. The third kappa shape index (κ3) is 5.43.